The normalized spacial score (nSPS) is 14.1. The Morgan fingerprint density at radius 3 is 2.33 bits per heavy atom. The van der Waals surface area contributed by atoms with Crippen LogP contribution in [0.15, 0.2) is 24.3 Å². The molecule has 1 unspecified atom stereocenters. The third-order valence-corrected chi connectivity index (χ3v) is 3.34. The van der Waals surface area contributed by atoms with Crippen LogP contribution in [0.4, 0.5) is 0 Å². The highest BCUT2D eigenvalue weighted by Crippen LogP contribution is 2.31. The van der Waals surface area contributed by atoms with E-state index in [0.717, 1.165) is 16.9 Å². The topological polar surface area (TPSA) is 9.23 Å². The van der Waals surface area contributed by atoms with Crippen LogP contribution in [-0.4, -0.2) is 10.5 Å². The largest absolute Gasteiger partial charge is 0.421 e. The van der Waals surface area contributed by atoms with Crippen molar-refractivity contribution in [2.75, 3.05) is 0 Å². The first kappa shape index (κ1) is 12.5. The molecule has 0 amide bonds. The molecule has 0 spiro atoms. The number of hydrogen-bond acceptors (Lipinski definition) is 1. The second-order valence-corrected chi connectivity index (χ2v) is 5.44. The monoisotopic (exact) mass is 222 g/mol. The van der Waals surface area contributed by atoms with Crippen LogP contribution in [0.3, 0.4) is 0 Å². The second-order valence-electron chi connectivity index (χ2n) is 4.97. The lowest BCUT2D eigenvalue weighted by Crippen LogP contribution is -2.16. The number of rotatable bonds is 3. The zero-order valence-corrected chi connectivity index (χ0v) is 12.5. The van der Waals surface area contributed by atoms with Crippen molar-refractivity contribution in [3.63, 3.8) is 0 Å². The number of hydrogen-bond donors (Lipinski definition) is 0. The molecule has 1 aromatic carbocycles. The first-order chi connectivity index (χ1) is 7.00. The van der Waals surface area contributed by atoms with Gasteiger partial charge in [-0.2, -0.15) is 0 Å². The van der Waals surface area contributed by atoms with Gasteiger partial charge in [0.2, 0.25) is 0 Å². The fourth-order valence-electron chi connectivity index (χ4n) is 1.97. The van der Waals surface area contributed by atoms with Gasteiger partial charge < -0.3 is 4.43 Å². The predicted octanol–water partition coefficient (Wildman–Crippen LogP) is 2.73. The highest BCUT2D eigenvalue weighted by atomic mass is 28.2. The summed E-state index contributed by atoms with van der Waals surface area (Å²) in [6.45, 7) is 8.95. The third-order valence-electron chi connectivity index (χ3n) is 2.77. The maximum Gasteiger partial charge on any atom is 0.146 e. The van der Waals surface area contributed by atoms with E-state index in [1.165, 1.54) is 11.1 Å². The summed E-state index contributed by atoms with van der Waals surface area (Å²) in [5.41, 5.74) is 2.97. The minimum Gasteiger partial charge on any atom is -0.421 e. The Balaban J connectivity index is 3.17. The van der Waals surface area contributed by atoms with Crippen molar-refractivity contribution in [2.24, 2.45) is 0 Å². The number of benzene rings is 1. The van der Waals surface area contributed by atoms with Gasteiger partial charge in [-0.15, -0.1) is 0 Å². The van der Waals surface area contributed by atoms with E-state index in [1.54, 1.807) is 0 Å². The molecule has 0 heterocycles. The van der Waals surface area contributed by atoms with E-state index in [4.69, 9.17) is 4.43 Å². The van der Waals surface area contributed by atoms with Crippen molar-refractivity contribution in [3.05, 3.63) is 35.4 Å². The van der Waals surface area contributed by atoms with E-state index in [9.17, 15) is 0 Å². The van der Waals surface area contributed by atoms with Gasteiger partial charge in [-0.25, -0.2) is 0 Å². The molecule has 0 aliphatic rings. The van der Waals surface area contributed by atoms with Crippen LogP contribution in [0.1, 0.15) is 51.3 Å². The molecule has 0 fully saturated rings. The fourth-order valence-corrected chi connectivity index (χ4v) is 2.56. The van der Waals surface area contributed by atoms with Crippen molar-refractivity contribution in [3.8, 4) is 0 Å². The van der Waals surface area contributed by atoms with Crippen LogP contribution in [0.5, 0.6) is 0 Å². The van der Waals surface area contributed by atoms with Crippen molar-refractivity contribution < 1.29 is 4.43 Å². The molecule has 0 aliphatic heterocycles. The SMILES string of the molecule is CCC(O[SiH3])c1ccccc1C(C)(C)C. The van der Waals surface area contributed by atoms with Gasteiger partial charge in [-0.05, 0) is 23.0 Å². The minimum absolute atomic E-state index is 0.199. The summed E-state index contributed by atoms with van der Waals surface area (Å²) < 4.78 is 5.66. The lowest BCUT2D eigenvalue weighted by molar-refractivity contribution is 0.219. The van der Waals surface area contributed by atoms with Crippen molar-refractivity contribution in [2.45, 2.75) is 45.6 Å². The molecule has 1 rings (SSSR count). The van der Waals surface area contributed by atoms with E-state index in [1.807, 2.05) is 0 Å². The zero-order valence-electron chi connectivity index (χ0n) is 10.5. The molecule has 1 aromatic rings. The van der Waals surface area contributed by atoms with Crippen molar-refractivity contribution >= 4 is 10.5 Å². The molecule has 2 heteroatoms. The molecule has 1 atom stereocenters. The van der Waals surface area contributed by atoms with Crippen LogP contribution in [0, 0.1) is 0 Å². The first-order valence-corrected chi connectivity index (χ1v) is 6.44. The van der Waals surface area contributed by atoms with Crippen LogP contribution < -0.4 is 0 Å². The van der Waals surface area contributed by atoms with Gasteiger partial charge in [0.05, 0.1) is 6.10 Å². The molecular weight excluding hydrogens is 200 g/mol. The van der Waals surface area contributed by atoms with Gasteiger partial charge in [0, 0.05) is 0 Å². The van der Waals surface area contributed by atoms with Crippen molar-refractivity contribution in [1.82, 2.24) is 0 Å². The van der Waals surface area contributed by atoms with E-state index in [-0.39, 0.29) is 11.5 Å². The summed E-state index contributed by atoms with van der Waals surface area (Å²) in [6, 6.07) is 8.64. The molecule has 0 aliphatic carbocycles. The van der Waals surface area contributed by atoms with Crippen LogP contribution in [0.25, 0.3) is 0 Å². The predicted molar refractivity (Wildman–Crippen MR) is 69.2 cm³/mol. The Kier molecular flexibility index (Phi) is 4.11. The molecule has 0 radical (unpaired) electrons. The second kappa shape index (κ2) is 4.95. The molecule has 0 saturated heterocycles. The summed E-state index contributed by atoms with van der Waals surface area (Å²) in [7, 11) is 0.801. The summed E-state index contributed by atoms with van der Waals surface area (Å²) in [6.07, 6.45) is 1.34. The Morgan fingerprint density at radius 1 is 1.27 bits per heavy atom. The molecule has 0 N–H and O–H groups in total. The smallest absolute Gasteiger partial charge is 0.146 e. The molecule has 84 valence electrons. The quantitative estimate of drug-likeness (QED) is 0.715. The van der Waals surface area contributed by atoms with Gasteiger partial charge in [-0.3, -0.25) is 0 Å². The lowest BCUT2D eigenvalue weighted by atomic mass is 9.82. The fraction of sp³-hybridized carbons (Fsp3) is 0.538. The first-order valence-electron chi connectivity index (χ1n) is 5.63. The van der Waals surface area contributed by atoms with Gasteiger partial charge in [0.25, 0.3) is 0 Å². The average Bonchev–Trinajstić information content (AvgIpc) is 2.19. The van der Waals surface area contributed by atoms with Gasteiger partial charge >= 0.3 is 0 Å². The van der Waals surface area contributed by atoms with E-state index in [2.05, 4.69) is 52.0 Å². The highest BCUT2D eigenvalue weighted by molar-refractivity contribution is 5.98. The average molecular weight is 222 g/mol. The minimum atomic E-state index is 0.199. The lowest BCUT2D eigenvalue weighted by Gasteiger charge is -2.26. The molecule has 15 heavy (non-hydrogen) atoms. The van der Waals surface area contributed by atoms with E-state index >= 15 is 0 Å². The third kappa shape index (κ3) is 2.92. The molecular formula is C13H22OSi. The maximum atomic E-state index is 5.66. The standard InChI is InChI=1S/C13H22OSi/c1-5-12(14-15)10-8-6-7-9-11(10)13(2,3)4/h6-9,12H,5H2,1-4,15H3. The Hall–Kier alpha value is -0.603. The molecule has 1 nitrogen and oxygen atoms in total. The Labute approximate surface area is 96.4 Å². The van der Waals surface area contributed by atoms with Crippen molar-refractivity contribution in [1.29, 1.82) is 0 Å². The van der Waals surface area contributed by atoms with E-state index < -0.39 is 0 Å². The molecule has 0 bridgehead atoms. The van der Waals surface area contributed by atoms with E-state index in [0.29, 0.717) is 0 Å². The van der Waals surface area contributed by atoms with Gasteiger partial charge in [-0.1, -0.05) is 52.0 Å². The molecule has 0 aromatic heterocycles. The molecule has 0 saturated carbocycles. The summed E-state index contributed by atoms with van der Waals surface area (Å²) >= 11 is 0. The van der Waals surface area contributed by atoms with Crippen LogP contribution >= 0.6 is 0 Å². The zero-order chi connectivity index (χ0) is 11.5. The maximum absolute atomic E-state index is 5.66. The summed E-state index contributed by atoms with van der Waals surface area (Å²) in [4.78, 5) is 0. The van der Waals surface area contributed by atoms with Crippen LogP contribution in [-0.2, 0) is 9.84 Å². The summed E-state index contributed by atoms with van der Waals surface area (Å²) in [5, 5.41) is 0. The van der Waals surface area contributed by atoms with Gasteiger partial charge in [0.15, 0.2) is 0 Å². The van der Waals surface area contributed by atoms with Crippen LogP contribution in [0.2, 0.25) is 0 Å². The summed E-state index contributed by atoms with van der Waals surface area (Å²) in [5.74, 6) is 0. The highest BCUT2D eigenvalue weighted by Gasteiger charge is 2.20. The van der Waals surface area contributed by atoms with Gasteiger partial charge in [0.1, 0.15) is 10.5 Å². The Bertz CT molecular complexity index is 311. The Morgan fingerprint density at radius 2 is 1.87 bits per heavy atom.